The topological polar surface area (TPSA) is 79.4 Å². The molecular formula is C22H25N5O2S. The molecule has 0 bridgehead atoms. The van der Waals surface area contributed by atoms with Gasteiger partial charge in [0.2, 0.25) is 0 Å². The number of hydrogen-bond acceptors (Lipinski definition) is 7. The van der Waals surface area contributed by atoms with Crippen LogP contribution in [-0.2, 0) is 4.74 Å². The molecule has 0 aliphatic carbocycles. The predicted molar refractivity (Wildman–Crippen MR) is 120 cm³/mol. The van der Waals surface area contributed by atoms with Crippen LogP contribution in [-0.4, -0.2) is 55.3 Å². The molecule has 7 nitrogen and oxygen atoms in total. The first kappa shape index (κ1) is 20.3. The first-order valence-corrected chi connectivity index (χ1v) is 10.9. The summed E-state index contributed by atoms with van der Waals surface area (Å²) in [6.45, 7) is 6.06. The number of nitrogens with one attached hydrogen (secondary N) is 2. The van der Waals surface area contributed by atoms with Gasteiger partial charge < -0.3 is 20.3 Å². The predicted octanol–water partition coefficient (Wildman–Crippen LogP) is 3.19. The van der Waals surface area contributed by atoms with Crippen molar-refractivity contribution in [3.05, 3.63) is 59.2 Å². The van der Waals surface area contributed by atoms with E-state index in [9.17, 15) is 4.79 Å². The summed E-state index contributed by atoms with van der Waals surface area (Å²) in [5.41, 5.74) is 1.78. The summed E-state index contributed by atoms with van der Waals surface area (Å²) in [4.78, 5) is 24.8. The molecule has 0 radical (unpaired) electrons. The molecule has 1 aliphatic rings. The normalized spacial score (nSPS) is 13.8. The fourth-order valence-electron chi connectivity index (χ4n) is 3.29. The summed E-state index contributed by atoms with van der Waals surface area (Å²) < 4.78 is 5.40. The zero-order chi connectivity index (χ0) is 20.8. The summed E-state index contributed by atoms with van der Waals surface area (Å²) in [7, 11) is 0. The van der Waals surface area contributed by atoms with E-state index >= 15 is 0 Å². The van der Waals surface area contributed by atoms with Crippen molar-refractivity contribution in [3.63, 3.8) is 0 Å². The third kappa shape index (κ3) is 5.14. The minimum Gasteiger partial charge on any atom is -0.378 e. The van der Waals surface area contributed by atoms with Crippen molar-refractivity contribution in [1.29, 1.82) is 0 Å². The van der Waals surface area contributed by atoms with Crippen molar-refractivity contribution >= 4 is 28.9 Å². The summed E-state index contributed by atoms with van der Waals surface area (Å²) in [5.74, 6) is 2.31. The van der Waals surface area contributed by atoms with Gasteiger partial charge in [0.15, 0.2) is 0 Å². The van der Waals surface area contributed by atoms with Crippen LogP contribution in [0.25, 0.3) is 10.4 Å². The molecule has 1 aromatic carbocycles. The van der Waals surface area contributed by atoms with Crippen molar-refractivity contribution in [1.82, 2.24) is 15.3 Å². The Morgan fingerprint density at radius 3 is 2.67 bits per heavy atom. The van der Waals surface area contributed by atoms with E-state index in [4.69, 9.17) is 4.74 Å². The first-order valence-electron chi connectivity index (χ1n) is 10.0. The standard InChI is InChI=1S/C22H25N5O2S/c1-16-25-20(15-21(26-16)27-10-12-29-13-11-27)23-8-9-24-22(28)18-6-4-17(5-7-18)19-3-2-14-30-19/h2-7,14-15H,8-13H2,1H3,(H,24,28)(H,23,25,26). The van der Waals surface area contributed by atoms with Crippen LogP contribution in [0.4, 0.5) is 11.6 Å². The average Bonchev–Trinajstić information content (AvgIpc) is 3.32. The van der Waals surface area contributed by atoms with E-state index in [2.05, 4.69) is 31.6 Å². The second-order valence-electron chi connectivity index (χ2n) is 7.00. The maximum Gasteiger partial charge on any atom is 0.251 e. The number of rotatable bonds is 7. The van der Waals surface area contributed by atoms with Gasteiger partial charge in [0, 0.05) is 42.7 Å². The Morgan fingerprint density at radius 2 is 1.93 bits per heavy atom. The first-order chi connectivity index (χ1) is 14.7. The van der Waals surface area contributed by atoms with Gasteiger partial charge in [-0.25, -0.2) is 9.97 Å². The molecular weight excluding hydrogens is 398 g/mol. The molecule has 3 heterocycles. The fraction of sp³-hybridized carbons (Fsp3) is 0.318. The van der Waals surface area contributed by atoms with Gasteiger partial charge in [0.25, 0.3) is 5.91 Å². The number of aryl methyl sites for hydroxylation is 1. The van der Waals surface area contributed by atoms with Gasteiger partial charge in [0.05, 0.1) is 13.2 Å². The van der Waals surface area contributed by atoms with Gasteiger partial charge >= 0.3 is 0 Å². The molecule has 1 fully saturated rings. The van der Waals surface area contributed by atoms with Crippen LogP contribution in [0.15, 0.2) is 47.8 Å². The van der Waals surface area contributed by atoms with E-state index in [0.29, 0.717) is 31.9 Å². The highest BCUT2D eigenvalue weighted by atomic mass is 32.1. The van der Waals surface area contributed by atoms with Gasteiger partial charge in [-0.05, 0) is 36.1 Å². The third-order valence-electron chi connectivity index (χ3n) is 4.83. The van der Waals surface area contributed by atoms with Gasteiger partial charge in [-0.2, -0.15) is 0 Å². The largest absolute Gasteiger partial charge is 0.378 e. The summed E-state index contributed by atoms with van der Waals surface area (Å²) in [6.07, 6.45) is 0. The van der Waals surface area contributed by atoms with Crippen molar-refractivity contribution in [2.24, 2.45) is 0 Å². The lowest BCUT2D eigenvalue weighted by molar-refractivity contribution is 0.0955. The Bertz CT molecular complexity index is 970. The maximum atomic E-state index is 12.4. The highest BCUT2D eigenvalue weighted by Gasteiger charge is 2.14. The van der Waals surface area contributed by atoms with Crippen molar-refractivity contribution < 1.29 is 9.53 Å². The molecule has 4 rings (SSSR count). The molecule has 8 heteroatoms. The summed E-state index contributed by atoms with van der Waals surface area (Å²) >= 11 is 1.69. The molecule has 1 saturated heterocycles. The molecule has 2 aromatic heterocycles. The van der Waals surface area contributed by atoms with Gasteiger partial charge in [-0.1, -0.05) is 18.2 Å². The van der Waals surface area contributed by atoms with E-state index in [1.807, 2.05) is 48.7 Å². The van der Waals surface area contributed by atoms with E-state index in [1.54, 1.807) is 11.3 Å². The highest BCUT2D eigenvalue weighted by molar-refractivity contribution is 7.13. The number of anilines is 2. The molecule has 1 amide bonds. The summed E-state index contributed by atoms with van der Waals surface area (Å²) in [6, 6.07) is 13.7. The van der Waals surface area contributed by atoms with Crippen molar-refractivity contribution in [2.45, 2.75) is 6.92 Å². The van der Waals surface area contributed by atoms with Crippen LogP contribution in [0.3, 0.4) is 0 Å². The van der Waals surface area contributed by atoms with Crippen LogP contribution in [0.1, 0.15) is 16.2 Å². The fourth-order valence-corrected chi connectivity index (χ4v) is 4.03. The Labute approximate surface area is 180 Å². The number of aromatic nitrogens is 2. The number of amides is 1. The second-order valence-corrected chi connectivity index (χ2v) is 7.94. The van der Waals surface area contributed by atoms with Gasteiger partial charge in [-0.3, -0.25) is 4.79 Å². The van der Waals surface area contributed by atoms with E-state index in [0.717, 1.165) is 36.1 Å². The Kier molecular flexibility index (Phi) is 6.56. The number of nitrogens with zero attached hydrogens (tertiary/aromatic N) is 3. The van der Waals surface area contributed by atoms with Crippen molar-refractivity contribution in [2.75, 3.05) is 49.6 Å². The molecule has 1 aliphatic heterocycles. The third-order valence-corrected chi connectivity index (χ3v) is 5.75. The average molecular weight is 424 g/mol. The molecule has 0 saturated carbocycles. The van der Waals surface area contributed by atoms with E-state index in [1.165, 1.54) is 4.88 Å². The van der Waals surface area contributed by atoms with Crippen LogP contribution in [0.5, 0.6) is 0 Å². The van der Waals surface area contributed by atoms with Crippen LogP contribution in [0.2, 0.25) is 0 Å². The molecule has 0 atom stereocenters. The number of carbonyl (C=O) groups excluding carboxylic acids is 1. The lowest BCUT2D eigenvalue weighted by Crippen LogP contribution is -2.37. The van der Waals surface area contributed by atoms with Crippen LogP contribution >= 0.6 is 11.3 Å². The maximum absolute atomic E-state index is 12.4. The Hall–Kier alpha value is -2.97. The number of hydrogen-bond donors (Lipinski definition) is 2. The Morgan fingerprint density at radius 1 is 1.13 bits per heavy atom. The minimum absolute atomic E-state index is 0.0811. The quantitative estimate of drug-likeness (QED) is 0.568. The number of benzene rings is 1. The van der Waals surface area contributed by atoms with Crippen LogP contribution < -0.4 is 15.5 Å². The van der Waals surface area contributed by atoms with Gasteiger partial charge in [-0.15, -0.1) is 11.3 Å². The number of morpholine rings is 1. The highest BCUT2D eigenvalue weighted by Crippen LogP contribution is 2.24. The SMILES string of the molecule is Cc1nc(NCCNC(=O)c2ccc(-c3cccs3)cc2)cc(N2CCOCC2)n1. The van der Waals surface area contributed by atoms with Gasteiger partial charge in [0.1, 0.15) is 17.5 Å². The Balaban J connectivity index is 1.27. The lowest BCUT2D eigenvalue weighted by atomic mass is 10.1. The molecule has 0 unspecified atom stereocenters. The molecule has 2 N–H and O–H groups in total. The summed E-state index contributed by atoms with van der Waals surface area (Å²) in [5, 5.41) is 8.27. The smallest absolute Gasteiger partial charge is 0.251 e. The number of ether oxygens (including phenoxy) is 1. The zero-order valence-corrected chi connectivity index (χ0v) is 17.7. The second kappa shape index (κ2) is 9.69. The minimum atomic E-state index is -0.0811. The number of thiophene rings is 1. The monoisotopic (exact) mass is 423 g/mol. The van der Waals surface area contributed by atoms with E-state index < -0.39 is 0 Å². The molecule has 30 heavy (non-hydrogen) atoms. The number of carbonyl (C=O) groups is 1. The lowest BCUT2D eigenvalue weighted by Gasteiger charge is -2.28. The van der Waals surface area contributed by atoms with E-state index in [-0.39, 0.29) is 5.91 Å². The zero-order valence-electron chi connectivity index (χ0n) is 16.9. The molecule has 0 spiro atoms. The molecule has 156 valence electrons. The van der Waals surface area contributed by atoms with Crippen molar-refractivity contribution in [3.8, 4) is 10.4 Å². The molecule has 3 aromatic rings. The van der Waals surface area contributed by atoms with Crippen LogP contribution in [0, 0.1) is 6.92 Å².